The molecule has 4 N–H and O–H groups in total. The summed E-state index contributed by atoms with van der Waals surface area (Å²) in [5.74, 6) is -4.74. The predicted molar refractivity (Wildman–Crippen MR) is 134 cm³/mol. The zero-order valence-electron chi connectivity index (χ0n) is 20.7. The lowest BCUT2D eigenvalue weighted by atomic mass is 9.78. The molecule has 0 aliphatic heterocycles. The van der Waals surface area contributed by atoms with Crippen LogP contribution >= 0.6 is 0 Å². The Morgan fingerprint density at radius 2 is 1.67 bits per heavy atom. The van der Waals surface area contributed by atoms with Gasteiger partial charge < -0.3 is 20.8 Å². The van der Waals surface area contributed by atoms with Crippen LogP contribution in [0.4, 0.5) is 13.2 Å². The first-order valence-electron chi connectivity index (χ1n) is 12.6. The Hall–Kier alpha value is -4.19. The SMILES string of the molecule is NC1(NC(=O)C2(NC(=O)c3cc4ccc(-c5ccc(-n6cncn6)c(F)c5)cc4o3)CCC(F)(F)CC2)CC1. The number of carbonyl (C=O) groups is 2. The number of nitrogens with zero attached hydrogens (tertiary/aromatic N) is 3. The first kappa shape index (κ1) is 25.1. The number of hydrogen-bond donors (Lipinski definition) is 3. The molecule has 0 spiro atoms. The molecule has 0 unspecified atom stereocenters. The van der Waals surface area contributed by atoms with Crippen molar-refractivity contribution >= 4 is 22.8 Å². The molecule has 0 saturated heterocycles. The van der Waals surface area contributed by atoms with Crippen LogP contribution in [0.3, 0.4) is 0 Å². The minimum atomic E-state index is -2.91. The van der Waals surface area contributed by atoms with Crippen LogP contribution < -0.4 is 16.4 Å². The fourth-order valence-electron chi connectivity index (χ4n) is 4.86. The van der Waals surface area contributed by atoms with Crippen LogP contribution in [0.25, 0.3) is 27.8 Å². The average molecular weight is 539 g/mol. The molecule has 2 aliphatic carbocycles. The summed E-state index contributed by atoms with van der Waals surface area (Å²) in [6.07, 6.45) is 2.35. The lowest BCUT2D eigenvalue weighted by Crippen LogP contribution is -2.64. The molecule has 2 fully saturated rings. The largest absolute Gasteiger partial charge is 0.451 e. The van der Waals surface area contributed by atoms with E-state index in [1.807, 2.05) is 0 Å². The maximum Gasteiger partial charge on any atom is 0.287 e. The molecule has 2 aliphatic rings. The third-order valence-corrected chi connectivity index (χ3v) is 7.46. The Bertz CT molecular complexity index is 1570. The number of nitrogens with two attached hydrogens (primary N) is 1. The Balaban J connectivity index is 1.25. The van der Waals surface area contributed by atoms with Gasteiger partial charge in [0.05, 0.1) is 5.66 Å². The van der Waals surface area contributed by atoms with Gasteiger partial charge in [0.15, 0.2) is 5.76 Å². The van der Waals surface area contributed by atoms with Crippen LogP contribution in [0.15, 0.2) is 59.5 Å². The number of carbonyl (C=O) groups excluding carboxylic acids is 2. The van der Waals surface area contributed by atoms with Crippen molar-refractivity contribution in [1.82, 2.24) is 25.4 Å². The predicted octanol–water partition coefficient (Wildman–Crippen LogP) is 4.06. The molecule has 202 valence electrons. The molecule has 12 heteroatoms. The molecule has 39 heavy (non-hydrogen) atoms. The zero-order chi connectivity index (χ0) is 27.4. The van der Waals surface area contributed by atoms with Gasteiger partial charge in [0, 0.05) is 18.2 Å². The fourth-order valence-corrected chi connectivity index (χ4v) is 4.86. The van der Waals surface area contributed by atoms with Crippen molar-refractivity contribution in [3.63, 3.8) is 0 Å². The lowest BCUT2D eigenvalue weighted by molar-refractivity contribution is -0.134. The van der Waals surface area contributed by atoms with Crippen LogP contribution in [0, 0.1) is 5.82 Å². The van der Waals surface area contributed by atoms with Crippen molar-refractivity contribution in [1.29, 1.82) is 0 Å². The molecule has 2 aromatic carbocycles. The number of furan rings is 1. The highest BCUT2D eigenvalue weighted by atomic mass is 19.3. The number of fused-ring (bicyclic) bond motifs is 1. The zero-order valence-corrected chi connectivity index (χ0v) is 20.7. The lowest BCUT2D eigenvalue weighted by Gasteiger charge is -2.39. The summed E-state index contributed by atoms with van der Waals surface area (Å²) >= 11 is 0. The second-order valence-electron chi connectivity index (χ2n) is 10.4. The average Bonchev–Trinajstić information content (AvgIpc) is 3.27. The second-order valence-corrected chi connectivity index (χ2v) is 10.4. The molecule has 4 aromatic rings. The van der Waals surface area contributed by atoms with Crippen LogP contribution in [0.1, 0.15) is 49.1 Å². The Kier molecular flexibility index (Phi) is 5.75. The number of rotatable bonds is 6. The van der Waals surface area contributed by atoms with E-state index in [0.29, 0.717) is 34.9 Å². The van der Waals surface area contributed by atoms with Gasteiger partial charge in [-0.15, -0.1) is 0 Å². The summed E-state index contributed by atoms with van der Waals surface area (Å²) in [6, 6.07) is 11.3. The molecule has 2 heterocycles. The number of amides is 2. The first-order chi connectivity index (χ1) is 18.5. The van der Waals surface area contributed by atoms with E-state index in [2.05, 4.69) is 20.7 Å². The van der Waals surface area contributed by atoms with Crippen molar-refractivity contribution in [2.75, 3.05) is 0 Å². The van der Waals surface area contributed by atoms with E-state index in [4.69, 9.17) is 10.2 Å². The summed E-state index contributed by atoms with van der Waals surface area (Å²) < 4.78 is 49.7. The van der Waals surface area contributed by atoms with Gasteiger partial charge in [-0.2, -0.15) is 5.10 Å². The standard InChI is InChI=1S/C27H25F3N6O3/c28-19-11-16(3-4-20(19)36-15-32-14-33-36)17-1-2-18-13-22(39-21(18)12-17)23(37)34-25(5-7-26(29,30)8-6-25)24(38)35-27(31)9-10-27/h1-4,11-15H,5-10,31H2,(H,34,37)(H,35,38). The van der Waals surface area contributed by atoms with Gasteiger partial charge in [0.1, 0.15) is 35.3 Å². The molecule has 0 bridgehead atoms. The highest BCUT2D eigenvalue weighted by molar-refractivity contribution is 6.00. The van der Waals surface area contributed by atoms with E-state index >= 15 is 0 Å². The molecule has 0 radical (unpaired) electrons. The fraction of sp³-hybridized carbons (Fsp3) is 0.333. The first-order valence-corrected chi connectivity index (χ1v) is 12.6. The summed E-state index contributed by atoms with van der Waals surface area (Å²) in [4.78, 5) is 30.2. The molecule has 2 aromatic heterocycles. The van der Waals surface area contributed by atoms with Crippen molar-refractivity contribution in [3.8, 4) is 16.8 Å². The molecule has 9 nitrogen and oxygen atoms in total. The van der Waals surface area contributed by atoms with Gasteiger partial charge in [-0.25, -0.2) is 22.8 Å². The van der Waals surface area contributed by atoms with E-state index in [0.717, 1.165) is 0 Å². The van der Waals surface area contributed by atoms with Gasteiger partial charge in [-0.05, 0) is 61.1 Å². The number of benzene rings is 2. The number of hydrogen-bond acceptors (Lipinski definition) is 6. The quantitative estimate of drug-likeness (QED) is 0.318. The maximum atomic E-state index is 14.7. The summed E-state index contributed by atoms with van der Waals surface area (Å²) in [6.45, 7) is 0. The van der Waals surface area contributed by atoms with Crippen molar-refractivity contribution < 1.29 is 27.2 Å². The minimum Gasteiger partial charge on any atom is -0.451 e. The van der Waals surface area contributed by atoms with Gasteiger partial charge in [-0.3, -0.25) is 9.59 Å². The van der Waals surface area contributed by atoms with Gasteiger partial charge in [0.25, 0.3) is 5.91 Å². The van der Waals surface area contributed by atoms with Gasteiger partial charge >= 0.3 is 0 Å². The van der Waals surface area contributed by atoms with E-state index in [9.17, 15) is 22.8 Å². The molecule has 2 amide bonds. The normalized spacial score (nSPS) is 19.0. The van der Waals surface area contributed by atoms with E-state index in [1.54, 1.807) is 30.3 Å². The Morgan fingerprint density at radius 1 is 0.949 bits per heavy atom. The summed E-state index contributed by atoms with van der Waals surface area (Å²) in [7, 11) is 0. The smallest absolute Gasteiger partial charge is 0.287 e. The highest BCUT2D eigenvalue weighted by Crippen LogP contribution is 2.40. The number of halogens is 3. The molecule has 6 rings (SSSR count). The number of nitrogens with one attached hydrogen (secondary N) is 2. The molecular weight excluding hydrogens is 513 g/mol. The van der Waals surface area contributed by atoms with Crippen LogP contribution in [-0.2, 0) is 4.79 Å². The van der Waals surface area contributed by atoms with E-state index in [1.165, 1.54) is 29.5 Å². The van der Waals surface area contributed by atoms with E-state index in [-0.39, 0.29) is 24.3 Å². The Morgan fingerprint density at radius 3 is 2.33 bits per heavy atom. The van der Waals surface area contributed by atoms with Crippen molar-refractivity contribution in [2.45, 2.75) is 55.6 Å². The van der Waals surface area contributed by atoms with E-state index < -0.39 is 47.6 Å². The highest BCUT2D eigenvalue weighted by Gasteiger charge is 2.52. The van der Waals surface area contributed by atoms with Crippen molar-refractivity contribution in [2.24, 2.45) is 5.73 Å². The molecule has 0 atom stereocenters. The molecular formula is C27H25F3N6O3. The molecule has 2 saturated carbocycles. The third kappa shape index (κ3) is 4.87. The van der Waals surface area contributed by atoms with Gasteiger partial charge in [0.2, 0.25) is 11.8 Å². The maximum absolute atomic E-state index is 14.7. The number of aromatic nitrogens is 3. The second kappa shape index (κ2) is 8.94. The minimum absolute atomic E-state index is 0.0757. The van der Waals surface area contributed by atoms with Crippen LogP contribution in [0.2, 0.25) is 0 Å². The van der Waals surface area contributed by atoms with Crippen LogP contribution in [0.5, 0.6) is 0 Å². The van der Waals surface area contributed by atoms with Crippen LogP contribution in [-0.4, -0.2) is 43.7 Å². The summed E-state index contributed by atoms with van der Waals surface area (Å²) in [5, 5.41) is 9.92. The third-order valence-electron chi connectivity index (χ3n) is 7.46. The van der Waals surface area contributed by atoms with Crippen molar-refractivity contribution in [3.05, 3.63) is 66.7 Å². The Labute approximate surface area is 220 Å². The number of alkyl halides is 2. The monoisotopic (exact) mass is 538 g/mol. The van der Waals surface area contributed by atoms with Gasteiger partial charge in [-0.1, -0.05) is 18.2 Å². The topological polar surface area (TPSA) is 128 Å². The summed E-state index contributed by atoms with van der Waals surface area (Å²) in [5.41, 5.74) is 5.47.